The zero-order valence-electron chi connectivity index (χ0n) is 71.6. The second-order valence-electron chi connectivity index (χ2n) is 33.0. The van der Waals surface area contributed by atoms with Crippen LogP contribution >= 0.6 is 0 Å². The van der Waals surface area contributed by atoms with E-state index in [-0.39, 0.29) is 6.61 Å². The van der Waals surface area contributed by atoms with Crippen molar-refractivity contribution in [2.75, 3.05) is 0 Å². The molecule has 614 valence electrons. The molecule has 23 aromatic rings. The lowest BCUT2D eigenvalue weighted by Crippen LogP contribution is -1.96. The number of hydrogen-bond acceptors (Lipinski definition) is 1. The fourth-order valence-corrected chi connectivity index (χ4v) is 18.9. The Morgan fingerprint density at radius 1 is 0.244 bits per heavy atom. The number of aromatic nitrogens is 11. The summed E-state index contributed by atoms with van der Waals surface area (Å²) >= 11 is 0. The molecule has 12 nitrogen and oxygen atoms in total. The molecule has 0 saturated heterocycles. The molecular formula is C111H109N11O. The van der Waals surface area contributed by atoms with Gasteiger partial charge in [-0.3, -0.25) is 0 Å². The van der Waals surface area contributed by atoms with E-state index in [0.717, 1.165) is 55.0 Å². The quantitative estimate of drug-likeness (QED) is 0.0397. The molecule has 11 heterocycles. The van der Waals surface area contributed by atoms with Gasteiger partial charge in [0.15, 0.2) is 0 Å². The highest BCUT2D eigenvalue weighted by Gasteiger charge is 2.25. The van der Waals surface area contributed by atoms with Gasteiger partial charge in [-0.25, -0.2) is 0 Å². The van der Waals surface area contributed by atoms with Crippen molar-refractivity contribution in [2.24, 2.45) is 0 Å². The number of nitrogens with one attached hydrogen (secondary N) is 11. The number of H-pyrrole nitrogens is 11. The van der Waals surface area contributed by atoms with Crippen LogP contribution < -0.4 is 0 Å². The smallest absolute Gasteiger partial charge is 0.0702 e. The summed E-state index contributed by atoms with van der Waals surface area (Å²) in [6.07, 6.45) is 31.8. The van der Waals surface area contributed by atoms with Crippen molar-refractivity contribution in [3.8, 4) is 0 Å². The summed E-state index contributed by atoms with van der Waals surface area (Å²) in [7, 11) is 1.25. The third-order valence-electron chi connectivity index (χ3n) is 25.2. The third-order valence-corrected chi connectivity index (χ3v) is 25.2. The van der Waals surface area contributed by atoms with Crippen molar-refractivity contribution in [3.05, 3.63) is 383 Å². The van der Waals surface area contributed by atoms with Crippen LogP contribution in [-0.2, 0) is 45.1 Å². The number of para-hydroxylation sites is 11. The number of aromatic amines is 11. The van der Waals surface area contributed by atoms with Crippen molar-refractivity contribution < 1.29 is 6.48 Å². The van der Waals surface area contributed by atoms with E-state index < -0.39 is 0 Å². The van der Waals surface area contributed by atoms with E-state index in [4.69, 9.17) is 6.48 Å². The maximum atomic E-state index is 8.90. The van der Waals surface area contributed by atoms with Gasteiger partial charge in [-0.15, -0.1) is 0 Å². The van der Waals surface area contributed by atoms with E-state index in [9.17, 15) is 0 Å². The summed E-state index contributed by atoms with van der Waals surface area (Å²) in [4.78, 5) is 38.5. The van der Waals surface area contributed by atoms with Crippen molar-refractivity contribution >= 4 is 142 Å². The summed E-state index contributed by atoms with van der Waals surface area (Å²) in [5.41, 5.74) is 32.8. The van der Waals surface area contributed by atoms with Gasteiger partial charge < -0.3 is 59.9 Å². The molecule has 12 N–H and O–H groups in total. The molecule has 12 aromatic carbocycles. The zero-order valence-corrected chi connectivity index (χ0v) is 70.6. The molecule has 0 fully saturated rings. The van der Waals surface area contributed by atoms with Crippen molar-refractivity contribution in [3.63, 3.8) is 0 Å². The molecule has 24 rings (SSSR count). The van der Waals surface area contributed by atoms with Crippen LogP contribution in [0.25, 0.3) is 142 Å². The Kier molecular flexibility index (Phi) is 23.7. The summed E-state index contributed by atoms with van der Waals surface area (Å²) in [6, 6.07) is 98.0. The second-order valence-corrected chi connectivity index (χ2v) is 33.0. The maximum Gasteiger partial charge on any atom is 0.0702 e. The molecule has 11 aromatic heterocycles. The Balaban J connectivity index is 0.000000104. The fourth-order valence-electron chi connectivity index (χ4n) is 18.9. The number of aliphatic hydroxyl groups is 1. The lowest BCUT2D eigenvalue weighted by Gasteiger charge is -2.05. The fraction of sp³-hybridized carbons (Fsp3) is 0.189. The van der Waals surface area contributed by atoms with Crippen molar-refractivity contribution in [1.29, 1.82) is 0 Å². The number of aliphatic hydroxyl groups excluding tert-OH is 1. The average molecular weight is 1620 g/mol. The van der Waals surface area contributed by atoms with Crippen LogP contribution in [0.4, 0.5) is 0 Å². The van der Waals surface area contributed by atoms with E-state index in [1.807, 2.05) is 30.5 Å². The molecular weight excluding hydrogens is 1500 g/mol. The van der Waals surface area contributed by atoms with E-state index in [0.29, 0.717) is 0 Å². The Morgan fingerprint density at radius 3 is 0.829 bits per heavy atom. The van der Waals surface area contributed by atoms with Crippen LogP contribution in [0.15, 0.2) is 310 Å². The number of benzene rings is 12. The molecule has 1 aliphatic carbocycles. The Labute approximate surface area is 718 Å². The van der Waals surface area contributed by atoms with Crippen LogP contribution in [0.2, 0.25) is 0 Å². The van der Waals surface area contributed by atoms with Gasteiger partial charge in [0.2, 0.25) is 0 Å². The third kappa shape index (κ3) is 16.9. The maximum absolute atomic E-state index is 8.90. The minimum absolute atomic E-state index is 0.101. The molecule has 1 aliphatic rings. The van der Waals surface area contributed by atoms with Gasteiger partial charge >= 0.3 is 0 Å². The summed E-state index contributed by atoms with van der Waals surface area (Å²) < 4.78 is 5.75. The first-order valence-electron chi connectivity index (χ1n) is 45.0. The molecule has 0 aliphatic heterocycles. The summed E-state index contributed by atoms with van der Waals surface area (Å²) in [5, 5.41) is 25.7. The largest absolute Gasteiger partial charge is 0.392 e. The standard InChI is InChI=1S/C27H21N3.C26H21N3.C18H12N2.C17H14N2.C13H28.C9H9NO.CH4/c1-4-10-22-16(7-1)19-13-26-21(18-9-3-5-11-23(18)29-26)15-27-20(14-25(19)28-22)17-8-2-6-12-24(17)30-27;1-4-10-23-19(7-1)17(15-27-23)13-22-21-9-3-6-12-25(21)29-26(22)14-18-16-28-24-11-5-2-8-20(18)24;1-3-7-15-11(5-1)13-9-18-14(10-17(13)19-15)12-6-2-4-8-16(12)20-18;1-3-7-16-14(5-1)12(10-18-16)9-13-11-19-17-8-4-2-6-15(13)17;1-3-5-7-9-11-13-12-10-8-6-4-2;11-6-7-5-10-9-4-2-1-3-8(7)9;/h1-12,28-30H,13-15H2;1-12,15-16,27-29H,13-14H2;1-10,19-20H;1-8,10-11,18-19H,9H2;3-13H2,1-2H3;1-5,10-11H,6H2;1H4/i;;;;;;1T. The first-order valence-corrected chi connectivity index (χ1v) is 44.0. The van der Waals surface area contributed by atoms with E-state index in [2.05, 4.69) is 348 Å². The average Bonchev–Trinajstić information content (AvgIpc) is 1.59. The zero-order chi connectivity index (χ0) is 84.1. The molecule has 0 bridgehead atoms. The van der Waals surface area contributed by atoms with Crippen LogP contribution in [0, 0.1) is 0 Å². The molecule has 0 unspecified atom stereocenters. The first-order chi connectivity index (χ1) is 61.4. The predicted octanol–water partition coefficient (Wildman–Crippen LogP) is 29.3. The van der Waals surface area contributed by atoms with Gasteiger partial charge in [-0.1, -0.05) is 292 Å². The van der Waals surface area contributed by atoms with Crippen LogP contribution in [-0.4, -0.2) is 59.9 Å². The lowest BCUT2D eigenvalue weighted by molar-refractivity contribution is 0.283. The van der Waals surface area contributed by atoms with Crippen LogP contribution in [0.1, 0.15) is 166 Å². The lowest BCUT2D eigenvalue weighted by atomic mass is 9.98. The topological polar surface area (TPSA) is 194 Å². The summed E-state index contributed by atoms with van der Waals surface area (Å²) in [5.74, 6) is 0. The van der Waals surface area contributed by atoms with Gasteiger partial charge in [0, 0.05) is 241 Å². The minimum atomic E-state index is 0.101. The SMILES string of the molecule is CCCCCCCCCCCCC.OCc1c[nH]c2ccccc12.[3H]C.c1ccc2c(Cc3[nH]c4ccccc4c3Cc3c[nH]c4ccccc34)c[nH]c2c1.c1ccc2c(Cc3c[nH]c4ccccc34)c[nH]c2c1.c1ccc2c(c1)[nH]c1cc3c(cc12)[nH]c1ccccc13.c1ccc2c3c([nH]c2c1)Cc1c([nH]c2ccccc12)Cc1c([nH]c2ccccc12)C3. The van der Waals surface area contributed by atoms with Gasteiger partial charge in [0.05, 0.1) is 6.61 Å². The van der Waals surface area contributed by atoms with Gasteiger partial charge in [0.1, 0.15) is 0 Å². The highest BCUT2D eigenvalue weighted by Crippen LogP contribution is 2.39. The minimum Gasteiger partial charge on any atom is -0.392 e. The van der Waals surface area contributed by atoms with Gasteiger partial charge in [-0.2, -0.15) is 0 Å². The highest BCUT2D eigenvalue weighted by atomic mass is 16.3. The second kappa shape index (κ2) is 37.0. The van der Waals surface area contributed by atoms with Gasteiger partial charge in [-0.05, 0) is 123 Å². The molecule has 12 heteroatoms. The highest BCUT2D eigenvalue weighted by molar-refractivity contribution is 6.17. The number of hydrogen-bond donors (Lipinski definition) is 12. The molecule has 0 spiro atoms. The molecule has 0 radical (unpaired) electrons. The number of rotatable bonds is 17. The molecule has 123 heavy (non-hydrogen) atoms. The van der Waals surface area contributed by atoms with E-state index >= 15 is 0 Å². The monoisotopic (exact) mass is 1610 g/mol. The van der Waals surface area contributed by atoms with Crippen LogP contribution in [0.5, 0.6) is 0 Å². The Morgan fingerprint density at radius 2 is 0.496 bits per heavy atom. The Bertz CT molecular complexity index is 7150. The van der Waals surface area contributed by atoms with E-state index in [1.165, 1.54) is 276 Å². The number of unbranched alkanes of at least 4 members (excludes halogenated alkanes) is 10. The molecule has 0 amide bonds. The first kappa shape index (κ1) is 78.9. The normalized spacial score (nSPS) is 11.9. The van der Waals surface area contributed by atoms with Gasteiger partial charge in [0.25, 0.3) is 0 Å². The number of fused-ring (bicyclic) bond motifs is 21. The van der Waals surface area contributed by atoms with E-state index in [1.54, 1.807) is 0 Å². The van der Waals surface area contributed by atoms with Crippen LogP contribution in [0.3, 0.4) is 0 Å². The predicted molar refractivity (Wildman–Crippen MR) is 521 cm³/mol. The summed E-state index contributed by atoms with van der Waals surface area (Å²) in [6.45, 7) is 4.67. The molecule has 0 saturated carbocycles. The molecule has 0 atom stereocenters. The van der Waals surface area contributed by atoms with Crippen molar-refractivity contribution in [1.82, 2.24) is 54.8 Å². The van der Waals surface area contributed by atoms with Crippen molar-refractivity contribution in [2.45, 2.75) is 137 Å². The Hall–Kier alpha value is -13.9.